The minimum atomic E-state index is -1.20. The number of rotatable bonds is 3. The van der Waals surface area contributed by atoms with Crippen LogP contribution in [-0.4, -0.2) is 23.2 Å². The van der Waals surface area contributed by atoms with Crippen LogP contribution in [0.3, 0.4) is 0 Å². The number of hydrogen-bond donors (Lipinski definition) is 1. The van der Waals surface area contributed by atoms with Crippen LogP contribution < -0.4 is 4.74 Å². The molecule has 0 radical (unpaired) electrons. The standard InChI is InChI=1S/C13H10FNO3/c1-18-8-4-5-11(14)10(7-8)9-3-2-6-15-12(9)13(16)17/h2-7H,1H3,(H,16,17). The fraction of sp³-hybridized carbons (Fsp3) is 0.0769. The number of halogens is 1. The average Bonchev–Trinajstić information content (AvgIpc) is 2.39. The van der Waals surface area contributed by atoms with Crippen LogP contribution in [0, 0.1) is 5.82 Å². The van der Waals surface area contributed by atoms with Gasteiger partial charge in [-0.1, -0.05) is 6.07 Å². The molecule has 0 aliphatic carbocycles. The number of hydrogen-bond acceptors (Lipinski definition) is 3. The zero-order valence-electron chi connectivity index (χ0n) is 9.55. The van der Waals surface area contributed by atoms with Crippen LogP contribution in [0.4, 0.5) is 4.39 Å². The highest BCUT2D eigenvalue weighted by Crippen LogP contribution is 2.28. The third-order valence-corrected chi connectivity index (χ3v) is 2.47. The van der Waals surface area contributed by atoms with Crippen LogP contribution in [0.2, 0.25) is 0 Å². The lowest BCUT2D eigenvalue weighted by Gasteiger charge is -2.08. The van der Waals surface area contributed by atoms with Crippen LogP contribution in [0.5, 0.6) is 5.75 Å². The smallest absolute Gasteiger partial charge is 0.355 e. The van der Waals surface area contributed by atoms with Gasteiger partial charge in [0.2, 0.25) is 0 Å². The Morgan fingerprint density at radius 1 is 1.33 bits per heavy atom. The number of nitrogens with zero attached hydrogens (tertiary/aromatic N) is 1. The van der Waals surface area contributed by atoms with E-state index in [2.05, 4.69) is 4.98 Å². The maximum atomic E-state index is 13.8. The summed E-state index contributed by atoms with van der Waals surface area (Å²) < 4.78 is 18.8. The van der Waals surface area contributed by atoms with Gasteiger partial charge in [0.1, 0.15) is 11.6 Å². The predicted molar refractivity (Wildman–Crippen MR) is 63.1 cm³/mol. The summed E-state index contributed by atoms with van der Waals surface area (Å²) in [5.41, 5.74) is 0.186. The molecule has 1 heterocycles. The molecule has 92 valence electrons. The van der Waals surface area contributed by atoms with Crippen molar-refractivity contribution < 1.29 is 19.0 Å². The van der Waals surface area contributed by atoms with Gasteiger partial charge in [0.25, 0.3) is 0 Å². The number of aromatic nitrogens is 1. The summed E-state index contributed by atoms with van der Waals surface area (Å²) in [6.45, 7) is 0. The maximum absolute atomic E-state index is 13.8. The zero-order valence-corrected chi connectivity index (χ0v) is 9.55. The van der Waals surface area contributed by atoms with E-state index in [4.69, 9.17) is 9.84 Å². The Morgan fingerprint density at radius 2 is 2.11 bits per heavy atom. The molecule has 0 aliphatic heterocycles. The Kier molecular flexibility index (Phi) is 3.23. The average molecular weight is 247 g/mol. The number of aromatic carboxylic acids is 1. The largest absolute Gasteiger partial charge is 0.497 e. The van der Waals surface area contributed by atoms with Crippen molar-refractivity contribution in [3.8, 4) is 16.9 Å². The van der Waals surface area contributed by atoms with Crippen molar-refractivity contribution in [1.82, 2.24) is 4.98 Å². The first-order valence-corrected chi connectivity index (χ1v) is 5.15. The molecule has 2 aromatic rings. The number of carboxylic acids is 1. The summed E-state index contributed by atoms with van der Waals surface area (Å²) in [5.74, 6) is -1.27. The minimum Gasteiger partial charge on any atom is -0.497 e. The van der Waals surface area contributed by atoms with Crippen molar-refractivity contribution in [2.75, 3.05) is 7.11 Å². The molecule has 1 aromatic heterocycles. The SMILES string of the molecule is COc1ccc(F)c(-c2cccnc2C(=O)O)c1. The summed E-state index contributed by atoms with van der Waals surface area (Å²) in [4.78, 5) is 14.8. The second-order valence-corrected chi connectivity index (χ2v) is 3.55. The Morgan fingerprint density at radius 3 is 2.78 bits per heavy atom. The highest BCUT2D eigenvalue weighted by molar-refractivity contribution is 5.94. The van der Waals surface area contributed by atoms with Crippen molar-refractivity contribution in [2.24, 2.45) is 0 Å². The predicted octanol–water partition coefficient (Wildman–Crippen LogP) is 2.59. The van der Waals surface area contributed by atoms with Crippen molar-refractivity contribution in [2.45, 2.75) is 0 Å². The minimum absolute atomic E-state index is 0.153. The van der Waals surface area contributed by atoms with E-state index in [1.165, 1.54) is 37.6 Å². The van der Waals surface area contributed by atoms with Gasteiger partial charge in [0, 0.05) is 17.3 Å². The number of methoxy groups -OCH3 is 1. The molecule has 0 saturated heterocycles. The Hall–Kier alpha value is -2.43. The number of benzene rings is 1. The quantitative estimate of drug-likeness (QED) is 0.905. The molecule has 2 rings (SSSR count). The first kappa shape index (κ1) is 12.0. The van der Waals surface area contributed by atoms with Gasteiger partial charge in [-0.25, -0.2) is 14.2 Å². The molecule has 0 aliphatic rings. The molecule has 0 saturated carbocycles. The molecule has 0 bridgehead atoms. The molecule has 5 heteroatoms. The second kappa shape index (κ2) is 4.83. The van der Waals surface area contributed by atoms with E-state index in [9.17, 15) is 9.18 Å². The summed E-state index contributed by atoms with van der Waals surface area (Å²) in [6.07, 6.45) is 1.35. The Labute approximate surface area is 103 Å². The molecule has 0 atom stereocenters. The molecule has 4 nitrogen and oxygen atoms in total. The topological polar surface area (TPSA) is 59.4 Å². The second-order valence-electron chi connectivity index (χ2n) is 3.55. The van der Waals surface area contributed by atoms with E-state index in [0.717, 1.165) is 0 Å². The third-order valence-electron chi connectivity index (χ3n) is 2.47. The van der Waals surface area contributed by atoms with E-state index in [1.807, 2.05) is 0 Å². The fourth-order valence-electron chi connectivity index (χ4n) is 1.63. The normalized spacial score (nSPS) is 10.1. The van der Waals surface area contributed by atoms with E-state index in [1.54, 1.807) is 6.07 Å². The van der Waals surface area contributed by atoms with E-state index in [0.29, 0.717) is 5.75 Å². The number of carboxylic acid groups (broad SMARTS) is 1. The lowest BCUT2D eigenvalue weighted by molar-refractivity contribution is 0.0691. The van der Waals surface area contributed by atoms with Gasteiger partial charge in [-0.2, -0.15) is 0 Å². The fourth-order valence-corrected chi connectivity index (χ4v) is 1.63. The first-order chi connectivity index (χ1) is 8.63. The molecule has 0 fully saturated rings. The van der Waals surface area contributed by atoms with Crippen LogP contribution in [0.1, 0.15) is 10.5 Å². The number of carbonyl (C=O) groups is 1. The van der Waals surface area contributed by atoms with Crippen LogP contribution in [-0.2, 0) is 0 Å². The van der Waals surface area contributed by atoms with Crippen molar-refractivity contribution in [3.05, 3.63) is 48.0 Å². The third kappa shape index (κ3) is 2.15. The van der Waals surface area contributed by atoms with Crippen molar-refractivity contribution >= 4 is 5.97 Å². The van der Waals surface area contributed by atoms with Crippen LogP contribution in [0.25, 0.3) is 11.1 Å². The molecular formula is C13H10FNO3. The van der Waals surface area contributed by atoms with Gasteiger partial charge in [0.15, 0.2) is 5.69 Å². The summed E-state index contributed by atoms with van der Waals surface area (Å²) >= 11 is 0. The Bertz CT molecular complexity index is 599. The molecule has 0 amide bonds. The Balaban J connectivity index is 2.65. The highest BCUT2D eigenvalue weighted by atomic mass is 19.1. The monoisotopic (exact) mass is 247 g/mol. The van der Waals surface area contributed by atoms with Crippen LogP contribution in [0.15, 0.2) is 36.5 Å². The number of pyridine rings is 1. The van der Waals surface area contributed by atoms with E-state index in [-0.39, 0.29) is 16.8 Å². The van der Waals surface area contributed by atoms with Gasteiger partial charge in [-0.05, 0) is 24.3 Å². The summed E-state index contributed by atoms with van der Waals surface area (Å²) in [7, 11) is 1.46. The van der Waals surface area contributed by atoms with Gasteiger partial charge in [-0.3, -0.25) is 0 Å². The molecule has 1 N–H and O–H groups in total. The molecule has 18 heavy (non-hydrogen) atoms. The van der Waals surface area contributed by atoms with E-state index >= 15 is 0 Å². The van der Waals surface area contributed by atoms with E-state index < -0.39 is 11.8 Å². The molecule has 1 aromatic carbocycles. The molecular weight excluding hydrogens is 237 g/mol. The lowest BCUT2D eigenvalue weighted by atomic mass is 10.0. The molecule has 0 unspecified atom stereocenters. The zero-order chi connectivity index (χ0) is 13.1. The highest BCUT2D eigenvalue weighted by Gasteiger charge is 2.16. The van der Waals surface area contributed by atoms with Crippen LogP contribution >= 0.6 is 0 Å². The van der Waals surface area contributed by atoms with Crippen molar-refractivity contribution in [3.63, 3.8) is 0 Å². The first-order valence-electron chi connectivity index (χ1n) is 5.15. The summed E-state index contributed by atoms with van der Waals surface area (Å²) in [6, 6.07) is 7.20. The van der Waals surface area contributed by atoms with Crippen molar-refractivity contribution in [1.29, 1.82) is 0 Å². The van der Waals surface area contributed by atoms with Gasteiger partial charge in [-0.15, -0.1) is 0 Å². The van der Waals surface area contributed by atoms with Gasteiger partial charge < -0.3 is 9.84 Å². The number of ether oxygens (including phenoxy) is 1. The lowest BCUT2D eigenvalue weighted by Crippen LogP contribution is -2.03. The van der Waals surface area contributed by atoms with Gasteiger partial charge >= 0.3 is 5.97 Å². The van der Waals surface area contributed by atoms with Gasteiger partial charge in [0.05, 0.1) is 7.11 Å². The maximum Gasteiger partial charge on any atom is 0.355 e. The summed E-state index contributed by atoms with van der Waals surface area (Å²) in [5, 5.41) is 9.03. The molecule has 0 spiro atoms.